The fourth-order valence-corrected chi connectivity index (χ4v) is 2.08. The summed E-state index contributed by atoms with van der Waals surface area (Å²) in [5, 5.41) is 10.9. The second-order valence-electron chi connectivity index (χ2n) is 6.81. The number of carbonyl (C=O) groups excluding carboxylic acids is 1. The van der Waals surface area contributed by atoms with Crippen molar-refractivity contribution < 1.29 is 32.6 Å². The van der Waals surface area contributed by atoms with Gasteiger partial charge in [-0.25, -0.2) is 9.59 Å². The molecule has 146 valence electrons. The Kier molecular flexibility index (Phi) is 9.59. The first-order valence-corrected chi connectivity index (χ1v) is 8.34. The van der Waals surface area contributed by atoms with Gasteiger partial charge in [0.2, 0.25) is 0 Å². The third kappa shape index (κ3) is 10.7. The molecule has 5 nitrogen and oxygen atoms in total. The molecule has 0 unspecified atom stereocenters. The molecule has 0 spiro atoms. The number of amides is 1. The van der Waals surface area contributed by atoms with Gasteiger partial charge < -0.3 is 15.2 Å². The fraction of sp³-hybridized carbons (Fsp3) is 0.765. The van der Waals surface area contributed by atoms with E-state index in [2.05, 4.69) is 0 Å². The predicted octanol–water partition coefficient (Wildman–Crippen LogP) is 4.67. The normalized spacial score (nSPS) is 15.0. The van der Waals surface area contributed by atoms with Gasteiger partial charge in [0, 0.05) is 0 Å². The molecule has 1 amide bonds. The first kappa shape index (κ1) is 23.3. The lowest BCUT2D eigenvalue weighted by molar-refractivity contribution is -0.177. The third-order valence-electron chi connectivity index (χ3n) is 3.24. The van der Waals surface area contributed by atoms with Crippen LogP contribution in [0.25, 0.3) is 0 Å². The van der Waals surface area contributed by atoms with Gasteiger partial charge in [0.1, 0.15) is 17.6 Å². The zero-order valence-electron chi connectivity index (χ0n) is 15.2. The number of nitrogens with one attached hydrogen (secondary N) is 1. The van der Waals surface area contributed by atoms with Crippen LogP contribution in [-0.2, 0) is 9.53 Å². The lowest BCUT2D eigenvalue weighted by Gasteiger charge is -2.26. The topological polar surface area (TPSA) is 75.6 Å². The number of hydrogen-bond acceptors (Lipinski definition) is 3. The number of aliphatic carboxylic acids is 1. The molecular weight excluding hydrogens is 339 g/mol. The smallest absolute Gasteiger partial charge is 0.408 e. The number of allylic oxidation sites excluding steroid dienone is 1. The van der Waals surface area contributed by atoms with Gasteiger partial charge in [-0.15, -0.1) is 0 Å². The maximum absolute atomic E-state index is 13.2. The molecular formula is C17H28F3NO4. The van der Waals surface area contributed by atoms with Crippen LogP contribution in [0.15, 0.2) is 12.2 Å². The van der Waals surface area contributed by atoms with Crippen molar-refractivity contribution in [2.45, 2.75) is 77.6 Å². The van der Waals surface area contributed by atoms with Crippen LogP contribution in [0.3, 0.4) is 0 Å². The summed E-state index contributed by atoms with van der Waals surface area (Å²) in [6.07, 6.45) is 0.170. The monoisotopic (exact) mass is 367 g/mol. The van der Waals surface area contributed by atoms with E-state index in [1.165, 1.54) is 26.8 Å². The standard InChI is InChI=1S/C17H28F3NO4/c1-5-6-7-8-9-10-11-12(17(18,19)20)13(14(22)23)21-15(24)25-16(2,3)4/h10-13H,5-9H2,1-4H3,(H,21,24)(H,22,23)/b11-10+/t12-,13+/m1/s1. The average Bonchev–Trinajstić information content (AvgIpc) is 2.41. The van der Waals surface area contributed by atoms with E-state index < -0.39 is 35.8 Å². The van der Waals surface area contributed by atoms with Crippen LogP contribution in [0.1, 0.15) is 59.8 Å². The van der Waals surface area contributed by atoms with Gasteiger partial charge in [-0.05, 0) is 33.6 Å². The second kappa shape index (κ2) is 10.3. The van der Waals surface area contributed by atoms with E-state index in [-0.39, 0.29) is 0 Å². The number of alkyl carbamates (subject to hydrolysis) is 1. The Morgan fingerprint density at radius 2 is 1.76 bits per heavy atom. The summed E-state index contributed by atoms with van der Waals surface area (Å²) in [4.78, 5) is 22.9. The van der Waals surface area contributed by atoms with Crippen molar-refractivity contribution in [2.75, 3.05) is 0 Å². The van der Waals surface area contributed by atoms with Gasteiger partial charge in [-0.3, -0.25) is 0 Å². The molecule has 2 atom stereocenters. The molecule has 0 aliphatic rings. The number of unbranched alkanes of at least 4 members (excludes halogenated alkanes) is 4. The summed E-state index contributed by atoms with van der Waals surface area (Å²) >= 11 is 0. The number of rotatable bonds is 9. The molecule has 0 fully saturated rings. The SMILES string of the molecule is CCCCCC/C=C/[C@H]([C@H](NC(=O)OC(C)(C)C)C(=O)O)C(F)(F)F. The molecule has 0 rings (SSSR count). The molecule has 0 saturated carbocycles. The minimum atomic E-state index is -4.81. The van der Waals surface area contributed by atoms with Crippen molar-refractivity contribution in [3.63, 3.8) is 0 Å². The van der Waals surface area contributed by atoms with Crippen molar-refractivity contribution in [3.8, 4) is 0 Å². The first-order valence-electron chi connectivity index (χ1n) is 8.34. The van der Waals surface area contributed by atoms with Gasteiger partial charge in [-0.1, -0.05) is 38.3 Å². The van der Waals surface area contributed by atoms with Crippen molar-refractivity contribution in [3.05, 3.63) is 12.2 Å². The van der Waals surface area contributed by atoms with E-state index in [1.807, 2.05) is 12.2 Å². The maximum Gasteiger partial charge on any atom is 0.408 e. The third-order valence-corrected chi connectivity index (χ3v) is 3.24. The molecule has 0 aromatic rings. The van der Waals surface area contributed by atoms with Gasteiger partial charge in [0.15, 0.2) is 0 Å². The van der Waals surface area contributed by atoms with E-state index in [9.17, 15) is 22.8 Å². The summed E-state index contributed by atoms with van der Waals surface area (Å²) in [5.41, 5.74) is -0.948. The Morgan fingerprint density at radius 1 is 1.16 bits per heavy atom. The lowest BCUT2D eigenvalue weighted by Crippen LogP contribution is -2.51. The number of carbonyl (C=O) groups is 2. The highest BCUT2D eigenvalue weighted by molar-refractivity contribution is 5.80. The Morgan fingerprint density at radius 3 is 2.20 bits per heavy atom. The highest BCUT2D eigenvalue weighted by atomic mass is 19.4. The Balaban J connectivity index is 5.06. The van der Waals surface area contributed by atoms with E-state index >= 15 is 0 Å². The quantitative estimate of drug-likeness (QED) is 0.459. The molecule has 8 heteroatoms. The van der Waals surface area contributed by atoms with Crippen LogP contribution in [-0.4, -0.2) is 35.0 Å². The minimum Gasteiger partial charge on any atom is -0.480 e. The van der Waals surface area contributed by atoms with Crippen molar-refractivity contribution in [1.29, 1.82) is 0 Å². The average molecular weight is 367 g/mol. The highest BCUT2D eigenvalue weighted by Gasteiger charge is 2.47. The molecule has 0 aromatic heterocycles. The zero-order chi connectivity index (χ0) is 19.7. The lowest BCUT2D eigenvalue weighted by atomic mass is 9.97. The van der Waals surface area contributed by atoms with Crippen LogP contribution in [0.2, 0.25) is 0 Å². The number of halogens is 3. The Hall–Kier alpha value is -1.73. The number of carboxylic acids is 1. The van der Waals surface area contributed by atoms with E-state index in [0.717, 1.165) is 31.8 Å². The molecule has 0 radical (unpaired) electrons. The van der Waals surface area contributed by atoms with Gasteiger partial charge in [0.05, 0.1) is 0 Å². The highest BCUT2D eigenvalue weighted by Crippen LogP contribution is 2.31. The van der Waals surface area contributed by atoms with Crippen LogP contribution in [0.5, 0.6) is 0 Å². The zero-order valence-corrected chi connectivity index (χ0v) is 15.2. The summed E-state index contributed by atoms with van der Waals surface area (Å²) in [7, 11) is 0. The van der Waals surface area contributed by atoms with Gasteiger partial charge >= 0.3 is 18.2 Å². The number of carboxylic acid groups (broad SMARTS) is 1. The second-order valence-corrected chi connectivity index (χ2v) is 6.81. The van der Waals surface area contributed by atoms with Crippen LogP contribution >= 0.6 is 0 Å². The molecule has 2 N–H and O–H groups in total. The van der Waals surface area contributed by atoms with Gasteiger partial charge in [-0.2, -0.15) is 13.2 Å². The van der Waals surface area contributed by atoms with Crippen molar-refractivity contribution in [1.82, 2.24) is 5.32 Å². The minimum absolute atomic E-state index is 0.422. The van der Waals surface area contributed by atoms with Gasteiger partial charge in [0.25, 0.3) is 0 Å². The number of ether oxygens (including phenoxy) is 1. The molecule has 25 heavy (non-hydrogen) atoms. The molecule has 0 saturated heterocycles. The summed E-state index contributed by atoms with van der Waals surface area (Å²) in [5.74, 6) is -4.10. The summed E-state index contributed by atoms with van der Waals surface area (Å²) in [6.45, 7) is 6.61. The number of hydrogen-bond donors (Lipinski definition) is 2. The summed E-state index contributed by atoms with van der Waals surface area (Å²) < 4.78 is 44.6. The Labute approximate surface area is 146 Å². The molecule has 0 aromatic carbocycles. The van der Waals surface area contributed by atoms with Crippen LogP contribution in [0, 0.1) is 5.92 Å². The first-order chi connectivity index (χ1) is 11.4. The van der Waals surface area contributed by atoms with E-state index in [1.54, 1.807) is 0 Å². The van der Waals surface area contributed by atoms with E-state index in [4.69, 9.17) is 9.84 Å². The fourth-order valence-electron chi connectivity index (χ4n) is 2.08. The van der Waals surface area contributed by atoms with Crippen LogP contribution in [0.4, 0.5) is 18.0 Å². The molecule has 0 heterocycles. The number of alkyl halides is 3. The molecule has 0 aliphatic carbocycles. The van der Waals surface area contributed by atoms with Crippen molar-refractivity contribution >= 4 is 12.1 Å². The predicted molar refractivity (Wildman–Crippen MR) is 88.2 cm³/mol. The maximum atomic E-state index is 13.2. The summed E-state index contributed by atoms with van der Waals surface area (Å²) in [6, 6.07) is -2.15. The van der Waals surface area contributed by atoms with E-state index in [0.29, 0.717) is 6.42 Å². The van der Waals surface area contributed by atoms with Crippen molar-refractivity contribution in [2.24, 2.45) is 5.92 Å². The molecule has 0 aliphatic heterocycles. The van der Waals surface area contributed by atoms with Crippen LogP contribution < -0.4 is 5.32 Å². The largest absolute Gasteiger partial charge is 0.480 e. The Bertz CT molecular complexity index is 456. The molecule has 0 bridgehead atoms.